The van der Waals surface area contributed by atoms with Crippen molar-refractivity contribution >= 4 is 46.9 Å². The Morgan fingerprint density at radius 2 is 1.88 bits per heavy atom. The molecule has 2 aromatic carbocycles. The third kappa shape index (κ3) is 5.90. The third-order valence-electron chi connectivity index (χ3n) is 3.14. The Balaban J connectivity index is 2.10. The van der Waals surface area contributed by atoms with Crippen LogP contribution in [0.5, 0.6) is 0 Å². The van der Waals surface area contributed by atoms with Crippen LogP contribution in [0.2, 0.25) is 10.0 Å². The number of thioether (sulfide) groups is 1. The van der Waals surface area contributed by atoms with E-state index in [1.54, 1.807) is 30.3 Å². The number of hydrogen-bond donors (Lipinski definition) is 0. The first-order chi connectivity index (χ1) is 12.2. The summed E-state index contributed by atoms with van der Waals surface area (Å²) in [6, 6.07) is 10.1. The van der Waals surface area contributed by atoms with Crippen molar-refractivity contribution in [1.29, 1.82) is 0 Å². The lowest BCUT2D eigenvalue weighted by molar-refractivity contribution is -0.387. The second kappa shape index (κ2) is 8.75. The normalized spacial score (nSPS) is 11.7. The maximum absolute atomic E-state index is 11.3. The number of oxime groups is 1. The molecular formula is C18H18Cl2N2O3S. The molecule has 2 aromatic rings. The zero-order chi connectivity index (χ0) is 19.3. The predicted molar refractivity (Wildman–Crippen MR) is 108 cm³/mol. The van der Waals surface area contributed by atoms with E-state index in [0.29, 0.717) is 26.1 Å². The second-order valence-electron chi connectivity index (χ2n) is 6.41. The van der Waals surface area contributed by atoms with Crippen LogP contribution in [0.15, 0.2) is 46.4 Å². The molecule has 0 N–H and O–H groups in total. The van der Waals surface area contributed by atoms with E-state index in [-0.39, 0.29) is 17.0 Å². The van der Waals surface area contributed by atoms with Crippen LogP contribution in [0.1, 0.15) is 31.9 Å². The summed E-state index contributed by atoms with van der Waals surface area (Å²) in [6.07, 6.45) is 1.42. The number of nitrogens with zero attached hydrogens (tertiary/aromatic N) is 2. The van der Waals surface area contributed by atoms with E-state index < -0.39 is 4.92 Å². The maximum atomic E-state index is 11.3. The summed E-state index contributed by atoms with van der Waals surface area (Å²) >= 11 is 13.6. The summed E-state index contributed by atoms with van der Waals surface area (Å²) in [5.74, 6) is 0. The Labute approximate surface area is 166 Å². The minimum absolute atomic E-state index is 0.0445. The SMILES string of the molecule is CC(C)(C)Sc1ccc(/C=N/OCc2c(Cl)cccc2Cl)cc1[N+](=O)[O-]. The molecule has 0 saturated carbocycles. The fourth-order valence-electron chi connectivity index (χ4n) is 2.04. The summed E-state index contributed by atoms with van der Waals surface area (Å²) in [6.45, 7) is 6.12. The molecule has 0 bridgehead atoms. The highest BCUT2D eigenvalue weighted by molar-refractivity contribution is 8.00. The van der Waals surface area contributed by atoms with Crippen molar-refractivity contribution in [3.8, 4) is 0 Å². The van der Waals surface area contributed by atoms with E-state index in [4.69, 9.17) is 28.0 Å². The van der Waals surface area contributed by atoms with Gasteiger partial charge in [0.2, 0.25) is 0 Å². The van der Waals surface area contributed by atoms with Gasteiger partial charge in [-0.25, -0.2) is 0 Å². The first-order valence-corrected chi connectivity index (χ1v) is 9.30. The fourth-order valence-corrected chi connectivity index (χ4v) is 3.58. The van der Waals surface area contributed by atoms with E-state index in [9.17, 15) is 10.1 Å². The van der Waals surface area contributed by atoms with E-state index in [1.807, 2.05) is 20.8 Å². The second-order valence-corrected chi connectivity index (χ2v) is 9.09. The minimum atomic E-state index is -0.393. The Morgan fingerprint density at radius 3 is 2.46 bits per heavy atom. The largest absolute Gasteiger partial charge is 0.391 e. The highest BCUT2D eigenvalue weighted by Gasteiger charge is 2.20. The Kier molecular flexibility index (Phi) is 6.92. The third-order valence-corrected chi connectivity index (χ3v) is 5.03. The average molecular weight is 413 g/mol. The first kappa shape index (κ1) is 20.6. The van der Waals surface area contributed by atoms with Crippen LogP contribution in [-0.2, 0) is 11.4 Å². The van der Waals surface area contributed by atoms with Crippen LogP contribution in [0.3, 0.4) is 0 Å². The molecule has 0 saturated heterocycles. The van der Waals surface area contributed by atoms with Crippen molar-refractivity contribution in [2.24, 2.45) is 5.16 Å². The lowest BCUT2D eigenvalue weighted by atomic mass is 10.2. The summed E-state index contributed by atoms with van der Waals surface area (Å²) < 4.78 is -0.127. The molecule has 0 amide bonds. The number of halogens is 2. The van der Waals surface area contributed by atoms with Gasteiger partial charge in [0.1, 0.15) is 6.61 Å². The van der Waals surface area contributed by atoms with E-state index in [0.717, 1.165) is 0 Å². The van der Waals surface area contributed by atoms with Crippen molar-refractivity contribution < 1.29 is 9.76 Å². The minimum Gasteiger partial charge on any atom is -0.391 e. The highest BCUT2D eigenvalue weighted by atomic mass is 35.5. The Bertz CT molecular complexity index is 815. The van der Waals surface area contributed by atoms with Gasteiger partial charge < -0.3 is 4.84 Å². The van der Waals surface area contributed by atoms with Gasteiger partial charge >= 0.3 is 0 Å². The number of benzene rings is 2. The molecule has 0 radical (unpaired) electrons. The molecule has 138 valence electrons. The Hall–Kier alpha value is -1.76. The average Bonchev–Trinajstić information content (AvgIpc) is 2.53. The zero-order valence-corrected chi connectivity index (χ0v) is 16.9. The smallest absolute Gasteiger partial charge is 0.283 e. The topological polar surface area (TPSA) is 64.7 Å². The van der Waals surface area contributed by atoms with Crippen LogP contribution in [-0.4, -0.2) is 15.9 Å². The molecule has 0 fully saturated rings. The standard InChI is InChI=1S/C18H18Cl2N2O3S/c1-18(2,3)26-17-8-7-12(9-16(17)22(23)24)10-21-25-11-13-14(19)5-4-6-15(13)20/h4-10H,11H2,1-3H3/b21-10+. The van der Waals surface area contributed by atoms with E-state index in [1.165, 1.54) is 24.0 Å². The van der Waals surface area contributed by atoms with Gasteiger partial charge in [0.25, 0.3) is 5.69 Å². The molecule has 0 aliphatic heterocycles. The maximum Gasteiger partial charge on any atom is 0.283 e. The predicted octanol–water partition coefficient (Wildman–Crippen LogP) is 6.34. The molecule has 2 rings (SSSR count). The van der Waals surface area contributed by atoms with Crippen molar-refractivity contribution in [2.75, 3.05) is 0 Å². The quantitative estimate of drug-likeness (QED) is 0.240. The van der Waals surface area contributed by atoms with Crippen molar-refractivity contribution in [3.05, 3.63) is 67.7 Å². The number of rotatable bonds is 6. The monoisotopic (exact) mass is 412 g/mol. The van der Waals surface area contributed by atoms with Crippen molar-refractivity contribution in [2.45, 2.75) is 37.0 Å². The van der Waals surface area contributed by atoms with Gasteiger partial charge in [-0.3, -0.25) is 10.1 Å². The van der Waals surface area contributed by atoms with Gasteiger partial charge in [0.05, 0.1) is 16.0 Å². The zero-order valence-electron chi connectivity index (χ0n) is 14.5. The molecule has 8 heteroatoms. The van der Waals surface area contributed by atoms with Crippen molar-refractivity contribution in [1.82, 2.24) is 0 Å². The molecule has 0 heterocycles. The van der Waals surface area contributed by atoms with Crippen LogP contribution < -0.4 is 0 Å². The molecule has 0 unspecified atom stereocenters. The first-order valence-electron chi connectivity index (χ1n) is 7.73. The van der Waals surface area contributed by atoms with E-state index >= 15 is 0 Å². The number of nitro groups is 1. The summed E-state index contributed by atoms with van der Waals surface area (Å²) in [7, 11) is 0. The Morgan fingerprint density at radius 1 is 1.23 bits per heavy atom. The lowest BCUT2D eigenvalue weighted by Gasteiger charge is -2.17. The summed E-state index contributed by atoms with van der Waals surface area (Å²) in [5, 5.41) is 16.2. The highest BCUT2D eigenvalue weighted by Crippen LogP contribution is 2.37. The van der Waals surface area contributed by atoms with Gasteiger partial charge in [-0.15, -0.1) is 11.8 Å². The molecule has 0 aromatic heterocycles. The van der Waals surface area contributed by atoms with Gasteiger partial charge in [-0.1, -0.05) is 61.3 Å². The number of nitro benzene ring substituents is 1. The molecule has 5 nitrogen and oxygen atoms in total. The summed E-state index contributed by atoms with van der Waals surface area (Å²) in [4.78, 5) is 16.8. The molecule has 0 atom stereocenters. The van der Waals surface area contributed by atoms with Crippen LogP contribution >= 0.6 is 35.0 Å². The fraction of sp³-hybridized carbons (Fsp3) is 0.278. The van der Waals surface area contributed by atoms with Gasteiger partial charge in [0.15, 0.2) is 0 Å². The van der Waals surface area contributed by atoms with E-state index in [2.05, 4.69) is 5.16 Å². The van der Waals surface area contributed by atoms with Gasteiger partial charge in [-0.2, -0.15) is 0 Å². The molecule has 0 aliphatic carbocycles. The van der Waals surface area contributed by atoms with Crippen LogP contribution in [0.4, 0.5) is 5.69 Å². The van der Waals surface area contributed by atoms with Gasteiger partial charge in [-0.05, 0) is 18.2 Å². The lowest BCUT2D eigenvalue weighted by Crippen LogP contribution is -2.07. The van der Waals surface area contributed by atoms with Crippen LogP contribution in [0, 0.1) is 10.1 Å². The molecule has 0 aliphatic rings. The molecule has 26 heavy (non-hydrogen) atoms. The molecule has 0 spiro atoms. The van der Waals surface area contributed by atoms with Crippen LogP contribution in [0.25, 0.3) is 0 Å². The molecular weight excluding hydrogens is 395 g/mol. The number of hydrogen-bond acceptors (Lipinski definition) is 5. The van der Waals surface area contributed by atoms with Gasteiger partial charge in [0, 0.05) is 32.0 Å². The summed E-state index contributed by atoms with van der Waals surface area (Å²) in [5.41, 5.74) is 1.25. The van der Waals surface area contributed by atoms with Crippen molar-refractivity contribution in [3.63, 3.8) is 0 Å².